The number of pyridine rings is 1. The summed E-state index contributed by atoms with van der Waals surface area (Å²) in [7, 11) is 0. The van der Waals surface area contributed by atoms with Crippen molar-refractivity contribution in [1.82, 2.24) is 10.3 Å². The summed E-state index contributed by atoms with van der Waals surface area (Å²) < 4.78 is 0. The van der Waals surface area contributed by atoms with Crippen molar-refractivity contribution in [3.05, 3.63) is 60.4 Å². The molecule has 0 bridgehead atoms. The van der Waals surface area contributed by atoms with Crippen LogP contribution in [-0.4, -0.2) is 23.3 Å². The zero-order chi connectivity index (χ0) is 13.5. The molecule has 0 spiro atoms. The van der Waals surface area contributed by atoms with E-state index in [0.29, 0.717) is 11.3 Å². The van der Waals surface area contributed by atoms with Gasteiger partial charge in [0.05, 0.1) is 6.54 Å². The van der Waals surface area contributed by atoms with Crippen LogP contribution < -0.4 is 10.6 Å². The molecule has 0 aliphatic heterocycles. The molecule has 96 valence electrons. The van der Waals surface area contributed by atoms with Gasteiger partial charge in [0.1, 0.15) is 0 Å². The van der Waals surface area contributed by atoms with Crippen molar-refractivity contribution >= 4 is 17.5 Å². The van der Waals surface area contributed by atoms with Crippen LogP contribution in [0.1, 0.15) is 10.4 Å². The van der Waals surface area contributed by atoms with E-state index in [2.05, 4.69) is 15.6 Å². The van der Waals surface area contributed by atoms with Gasteiger partial charge >= 0.3 is 0 Å². The van der Waals surface area contributed by atoms with Gasteiger partial charge in [0, 0.05) is 23.6 Å². The highest BCUT2D eigenvalue weighted by molar-refractivity contribution is 5.99. The molecule has 0 atom stereocenters. The third-order valence-corrected chi connectivity index (χ3v) is 2.41. The first-order valence-electron chi connectivity index (χ1n) is 5.79. The van der Waals surface area contributed by atoms with E-state index in [0.717, 1.165) is 0 Å². The lowest BCUT2D eigenvalue weighted by Gasteiger charge is -2.06. The number of carbonyl (C=O) groups excluding carboxylic acids is 2. The Morgan fingerprint density at radius 3 is 2.37 bits per heavy atom. The molecule has 2 aromatic rings. The van der Waals surface area contributed by atoms with Gasteiger partial charge < -0.3 is 10.6 Å². The molecule has 0 fully saturated rings. The number of nitrogens with zero attached hydrogens (tertiary/aromatic N) is 1. The predicted molar refractivity (Wildman–Crippen MR) is 71.6 cm³/mol. The molecule has 0 aliphatic rings. The van der Waals surface area contributed by atoms with Gasteiger partial charge in [-0.2, -0.15) is 0 Å². The van der Waals surface area contributed by atoms with E-state index in [4.69, 9.17) is 0 Å². The van der Waals surface area contributed by atoms with Crippen molar-refractivity contribution in [2.24, 2.45) is 0 Å². The molecule has 19 heavy (non-hydrogen) atoms. The largest absolute Gasteiger partial charge is 0.343 e. The normalized spacial score (nSPS) is 9.68. The summed E-state index contributed by atoms with van der Waals surface area (Å²) in [5, 5.41) is 5.22. The Morgan fingerprint density at radius 1 is 1.00 bits per heavy atom. The number of para-hydroxylation sites is 1. The van der Waals surface area contributed by atoms with Crippen molar-refractivity contribution in [2.75, 3.05) is 11.9 Å². The minimum Gasteiger partial charge on any atom is -0.343 e. The zero-order valence-corrected chi connectivity index (χ0v) is 10.2. The quantitative estimate of drug-likeness (QED) is 0.868. The van der Waals surface area contributed by atoms with Crippen molar-refractivity contribution in [2.45, 2.75) is 0 Å². The summed E-state index contributed by atoms with van der Waals surface area (Å²) in [5.74, 6) is -0.570. The molecule has 0 radical (unpaired) electrons. The third-order valence-electron chi connectivity index (χ3n) is 2.41. The lowest BCUT2D eigenvalue weighted by Crippen LogP contribution is -2.32. The number of amides is 2. The maximum Gasteiger partial charge on any atom is 0.251 e. The van der Waals surface area contributed by atoms with Crippen LogP contribution >= 0.6 is 0 Å². The van der Waals surface area contributed by atoms with Gasteiger partial charge in [0.15, 0.2) is 0 Å². The van der Waals surface area contributed by atoms with E-state index in [1.807, 2.05) is 18.2 Å². The van der Waals surface area contributed by atoms with Crippen LogP contribution in [0.5, 0.6) is 0 Å². The van der Waals surface area contributed by atoms with Crippen molar-refractivity contribution in [3.8, 4) is 0 Å². The fourth-order valence-corrected chi connectivity index (χ4v) is 1.49. The third kappa shape index (κ3) is 3.92. The predicted octanol–water partition coefficient (Wildman–Crippen LogP) is 1.45. The Morgan fingerprint density at radius 2 is 1.68 bits per heavy atom. The smallest absolute Gasteiger partial charge is 0.251 e. The molecule has 2 N–H and O–H groups in total. The van der Waals surface area contributed by atoms with E-state index >= 15 is 0 Å². The number of anilines is 1. The Labute approximate surface area is 110 Å². The monoisotopic (exact) mass is 255 g/mol. The number of benzene rings is 1. The van der Waals surface area contributed by atoms with Crippen molar-refractivity contribution in [1.29, 1.82) is 0 Å². The van der Waals surface area contributed by atoms with Crippen LogP contribution in [0.3, 0.4) is 0 Å². The minimum absolute atomic E-state index is 0.0734. The Bertz CT molecular complexity index is 555. The molecule has 1 aromatic carbocycles. The van der Waals surface area contributed by atoms with Gasteiger partial charge in [-0.3, -0.25) is 14.6 Å². The zero-order valence-electron chi connectivity index (χ0n) is 10.2. The molecule has 0 saturated heterocycles. The molecule has 0 unspecified atom stereocenters. The maximum absolute atomic E-state index is 11.7. The van der Waals surface area contributed by atoms with Gasteiger partial charge in [0.25, 0.3) is 5.91 Å². The van der Waals surface area contributed by atoms with Gasteiger partial charge in [-0.25, -0.2) is 0 Å². The number of carbonyl (C=O) groups is 2. The second kappa shape index (κ2) is 6.30. The van der Waals surface area contributed by atoms with Crippen molar-refractivity contribution in [3.63, 3.8) is 0 Å². The lowest BCUT2D eigenvalue weighted by molar-refractivity contribution is -0.115. The van der Waals surface area contributed by atoms with Crippen LogP contribution in [0.25, 0.3) is 0 Å². The fraction of sp³-hybridized carbons (Fsp3) is 0.0714. The molecule has 0 saturated carbocycles. The average molecular weight is 255 g/mol. The van der Waals surface area contributed by atoms with E-state index in [1.165, 1.54) is 12.4 Å². The molecular weight excluding hydrogens is 242 g/mol. The van der Waals surface area contributed by atoms with Gasteiger partial charge in [0.2, 0.25) is 5.91 Å². The van der Waals surface area contributed by atoms with Crippen LogP contribution in [0.15, 0.2) is 54.9 Å². The van der Waals surface area contributed by atoms with E-state index < -0.39 is 0 Å². The molecule has 0 aliphatic carbocycles. The molecule has 2 amide bonds. The maximum atomic E-state index is 11.7. The first kappa shape index (κ1) is 12.8. The summed E-state index contributed by atoms with van der Waals surface area (Å²) in [6, 6.07) is 12.2. The second-order valence-corrected chi connectivity index (χ2v) is 3.83. The first-order chi connectivity index (χ1) is 9.25. The van der Waals surface area contributed by atoms with Gasteiger partial charge in [-0.1, -0.05) is 18.2 Å². The fourth-order valence-electron chi connectivity index (χ4n) is 1.49. The summed E-state index contributed by atoms with van der Waals surface area (Å²) in [6.07, 6.45) is 3.05. The Balaban J connectivity index is 1.83. The molecule has 1 aromatic heterocycles. The number of hydrogen-bond acceptors (Lipinski definition) is 3. The number of aromatic nitrogens is 1. The second-order valence-electron chi connectivity index (χ2n) is 3.83. The topological polar surface area (TPSA) is 71.1 Å². The summed E-state index contributed by atoms with van der Waals surface area (Å²) in [6.45, 7) is -0.0734. The van der Waals surface area contributed by atoms with Crippen LogP contribution in [0.2, 0.25) is 0 Å². The van der Waals surface area contributed by atoms with E-state index in [9.17, 15) is 9.59 Å². The molecular formula is C14H13N3O2. The lowest BCUT2D eigenvalue weighted by atomic mass is 10.2. The number of rotatable bonds is 4. The highest BCUT2D eigenvalue weighted by Gasteiger charge is 2.07. The summed E-state index contributed by atoms with van der Waals surface area (Å²) in [5.41, 5.74) is 1.17. The highest BCUT2D eigenvalue weighted by Crippen LogP contribution is 2.04. The number of hydrogen-bond donors (Lipinski definition) is 2. The van der Waals surface area contributed by atoms with Crippen LogP contribution in [-0.2, 0) is 4.79 Å². The Kier molecular flexibility index (Phi) is 4.23. The van der Waals surface area contributed by atoms with Crippen LogP contribution in [0.4, 0.5) is 5.69 Å². The van der Waals surface area contributed by atoms with Gasteiger partial charge in [-0.05, 0) is 24.3 Å². The standard InChI is InChI=1S/C14H13N3O2/c18-13(17-12-4-2-1-3-5-12)10-16-14(19)11-6-8-15-9-7-11/h1-9H,10H2,(H,16,19)(H,17,18). The number of nitrogens with one attached hydrogen (secondary N) is 2. The molecule has 1 heterocycles. The van der Waals surface area contributed by atoms with Crippen LogP contribution in [0, 0.1) is 0 Å². The summed E-state index contributed by atoms with van der Waals surface area (Å²) >= 11 is 0. The average Bonchev–Trinajstić information content (AvgIpc) is 2.47. The van der Waals surface area contributed by atoms with Gasteiger partial charge in [-0.15, -0.1) is 0 Å². The first-order valence-corrected chi connectivity index (χ1v) is 5.79. The molecule has 2 rings (SSSR count). The van der Waals surface area contributed by atoms with E-state index in [1.54, 1.807) is 24.3 Å². The Hall–Kier alpha value is -2.69. The molecule has 5 heteroatoms. The summed E-state index contributed by atoms with van der Waals surface area (Å²) in [4.78, 5) is 27.1. The highest BCUT2D eigenvalue weighted by atomic mass is 16.2. The molecule has 5 nitrogen and oxygen atoms in total. The van der Waals surface area contributed by atoms with Crippen molar-refractivity contribution < 1.29 is 9.59 Å². The minimum atomic E-state index is -0.300. The van der Waals surface area contributed by atoms with E-state index in [-0.39, 0.29) is 18.4 Å². The SMILES string of the molecule is O=C(CNC(=O)c1ccncc1)Nc1ccccc1.